The zero-order valence-corrected chi connectivity index (χ0v) is 13.7. The normalized spacial score (nSPS) is 24.8. The molecule has 4 nitrogen and oxygen atoms in total. The van der Waals surface area contributed by atoms with Gasteiger partial charge in [-0.3, -0.25) is 4.79 Å². The van der Waals surface area contributed by atoms with Gasteiger partial charge in [0, 0.05) is 19.6 Å². The molecule has 0 bridgehead atoms. The lowest BCUT2D eigenvalue weighted by molar-refractivity contribution is 0.0690. The Labute approximate surface area is 138 Å². The second kappa shape index (κ2) is 6.16. The highest BCUT2D eigenvalue weighted by atomic mass is 16.5. The first-order chi connectivity index (χ1) is 11.2. The van der Waals surface area contributed by atoms with Crippen LogP contribution in [0.2, 0.25) is 0 Å². The van der Waals surface area contributed by atoms with Gasteiger partial charge in [-0.2, -0.15) is 0 Å². The van der Waals surface area contributed by atoms with Crippen molar-refractivity contribution in [1.82, 2.24) is 10.2 Å². The van der Waals surface area contributed by atoms with Gasteiger partial charge in [-0.25, -0.2) is 0 Å². The molecule has 1 saturated carbocycles. The number of likely N-dealkylation sites (tertiary alicyclic amines) is 1. The number of hydrogen-bond donors (Lipinski definition) is 1. The maximum absolute atomic E-state index is 12.5. The molecule has 2 heterocycles. The molecule has 2 aliphatic heterocycles. The molecule has 4 heteroatoms. The molecule has 2 fully saturated rings. The van der Waals surface area contributed by atoms with Gasteiger partial charge in [0.2, 0.25) is 0 Å². The Hall–Kier alpha value is -1.55. The van der Waals surface area contributed by atoms with Gasteiger partial charge in [0.1, 0.15) is 12.4 Å². The summed E-state index contributed by atoms with van der Waals surface area (Å²) in [6.07, 6.45) is 7.59. The molecule has 4 rings (SSSR count). The molecule has 1 aromatic rings. The number of amides is 1. The van der Waals surface area contributed by atoms with Crippen molar-refractivity contribution in [2.75, 3.05) is 26.2 Å². The van der Waals surface area contributed by atoms with Gasteiger partial charge in [-0.05, 0) is 43.7 Å². The first-order valence-electron chi connectivity index (χ1n) is 9.01. The van der Waals surface area contributed by atoms with Gasteiger partial charge in [0.15, 0.2) is 0 Å². The van der Waals surface area contributed by atoms with Crippen LogP contribution < -0.4 is 10.1 Å². The number of para-hydroxylation sites is 1. The number of carbonyl (C=O) groups excluding carboxylic acids is 1. The van der Waals surface area contributed by atoms with E-state index in [1.165, 1.54) is 32.2 Å². The molecule has 0 radical (unpaired) electrons. The molecule has 1 aromatic carbocycles. The van der Waals surface area contributed by atoms with Crippen LogP contribution in [0, 0.1) is 5.92 Å². The fourth-order valence-electron chi connectivity index (χ4n) is 4.33. The van der Waals surface area contributed by atoms with Crippen molar-refractivity contribution in [3.63, 3.8) is 0 Å². The van der Waals surface area contributed by atoms with Gasteiger partial charge in [0.25, 0.3) is 5.91 Å². The first kappa shape index (κ1) is 15.0. The summed E-state index contributed by atoms with van der Waals surface area (Å²) >= 11 is 0. The third kappa shape index (κ3) is 3.09. The first-order valence-corrected chi connectivity index (χ1v) is 9.01. The number of nitrogens with one attached hydrogen (secondary N) is 1. The van der Waals surface area contributed by atoms with E-state index in [4.69, 9.17) is 4.74 Å². The predicted molar refractivity (Wildman–Crippen MR) is 89.8 cm³/mol. The molecule has 0 unspecified atom stereocenters. The summed E-state index contributed by atoms with van der Waals surface area (Å²) in [6, 6.07) is 7.56. The monoisotopic (exact) mass is 314 g/mol. The fourth-order valence-corrected chi connectivity index (χ4v) is 4.33. The van der Waals surface area contributed by atoms with Crippen molar-refractivity contribution in [3.05, 3.63) is 29.8 Å². The maximum Gasteiger partial charge on any atom is 0.255 e. The lowest BCUT2D eigenvalue weighted by Gasteiger charge is -2.41. The molecule has 1 spiro atoms. The molecule has 1 amide bonds. The van der Waals surface area contributed by atoms with E-state index >= 15 is 0 Å². The van der Waals surface area contributed by atoms with E-state index in [0.717, 1.165) is 37.6 Å². The Kier molecular flexibility index (Phi) is 4.02. The molecule has 124 valence electrons. The minimum Gasteiger partial charge on any atom is -0.490 e. The van der Waals surface area contributed by atoms with E-state index in [0.29, 0.717) is 12.2 Å². The molecule has 3 aliphatic rings. The van der Waals surface area contributed by atoms with E-state index in [-0.39, 0.29) is 11.4 Å². The van der Waals surface area contributed by atoms with Crippen molar-refractivity contribution in [1.29, 1.82) is 0 Å². The minimum absolute atomic E-state index is 0.0161. The molecule has 0 aromatic heterocycles. The number of benzene rings is 1. The van der Waals surface area contributed by atoms with Gasteiger partial charge < -0.3 is 15.0 Å². The van der Waals surface area contributed by atoms with Gasteiger partial charge in [-0.15, -0.1) is 0 Å². The van der Waals surface area contributed by atoms with E-state index < -0.39 is 0 Å². The summed E-state index contributed by atoms with van der Waals surface area (Å²) in [5.74, 6) is 1.63. The second-order valence-corrected chi connectivity index (χ2v) is 7.47. The molecular formula is C19H26N2O2. The summed E-state index contributed by atoms with van der Waals surface area (Å²) in [4.78, 5) is 15.1. The quantitative estimate of drug-likeness (QED) is 0.912. The molecule has 1 saturated heterocycles. The topological polar surface area (TPSA) is 41.6 Å². The van der Waals surface area contributed by atoms with Crippen molar-refractivity contribution < 1.29 is 9.53 Å². The molecule has 1 aliphatic carbocycles. The SMILES string of the molecule is O=C1NC2(CCN(CC3CCCC3)CC2)COc2ccccc21. The summed E-state index contributed by atoms with van der Waals surface area (Å²) in [6.45, 7) is 3.96. The number of nitrogens with zero attached hydrogens (tertiary/aromatic N) is 1. The summed E-state index contributed by atoms with van der Waals surface area (Å²) < 4.78 is 5.98. The van der Waals surface area contributed by atoms with Crippen LogP contribution in [0.1, 0.15) is 48.9 Å². The number of rotatable bonds is 2. The molecule has 23 heavy (non-hydrogen) atoms. The largest absolute Gasteiger partial charge is 0.490 e. The van der Waals surface area contributed by atoms with Crippen LogP contribution in [-0.2, 0) is 0 Å². The van der Waals surface area contributed by atoms with Crippen LogP contribution in [0.25, 0.3) is 0 Å². The van der Waals surface area contributed by atoms with Gasteiger partial charge in [0.05, 0.1) is 11.1 Å². The van der Waals surface area contributed by atoms with Crippen molar-refractivity contribution in [3.8, 4) is 5.75 Å². The van der Waals surface area contributed by atoms with Crippen LogP contribution in [0.3, 0.4) is 0 Å². The smallest absolute Gasteiger partial charge is 0.255 e. The number of fused-ring (bicyclic) bond motifs is 1. The summed E-state index contributed by atoms with van der Waals surface area (Å²) in [7, 11) is 0. The standard InChI is InChI=1S/C19H26N2O2/c22-18-16-7-3-4-8-17(16)23-14-19(20-18)9-11-21(12-10-19)13-15-5-1-2-6-15/h3-4,7-8,15H,1-2,5-6,9-14H2,(H,20,22). The third-order valence-corrected chi connectivity index (χ3v) is 5.82. The Bertz CT molecular complexity index is 572. The Balaban J connectivity index is 1.40. The van der Waals surface area contributed by atoms with Crippen LogP contribution in [0.4, 0.5) is 0 Å². The van der Waals surface area contributed by atoms with E-state index in [9.17, 15) is 4.79 Å². The van der Waals surface area contributed by atoms with Crippen LogP contribution in [0.15, 0.2) is 24.3 Å². The average molecular weight is 314 g/mol. The second-order valence-electron chi connectivity index (χ2n) is 7.47. The third-order valence-electron chi connectivity index (χ3n) is 5.82. The van der Waals surface area contributed by atoms with Crippen LogP contribution in [0.5, 0.6) is 5.75 Å². The predicted octanol–water partition coefficient (Wildman–Crippen LogP) is 2.83. The number of ether oxygens (including phenoxy) is 1. The van der Waals surface area contributed by atoms with Gasteiger partial charge >= 0.3 is 0 Å². The van der Waals surface area contributed by atoms with E-state index in [2.05, 4.69) is 10.2 Å². The number of hydrogen-bond acceptors (Lipinski definition) is 3. The van der Waals surface area contributed by atoms with E-state index in [1.54, 1.807) is 0 Å². The van der Waals surface area contributed by atoms with Gasteiger partial charge in [-0.1, -0.05) is 25.0 Å². The minimum atomic E-state index is -0.192. The maximum atomic E-state index is 12.5. The lowest BCUT2D eigenvalue weighted by Crippen LogP contribution is -2.57. The molecule has 1 N–H and O–H groups in total. The Morgan fingerprint density at radius 1 is 1.17 bits per heavy atom. The Morgan fingerprint density at radius 3 is 2.70 bits per heavy atom. The number of carbonyl (C=O) groups is 1. The highest BCUT2D eigenvalue weighted by Crippen LogP contribution is 2.31. The summed E-state index contributed by atoms with van der Waals surface area (Å²) in [5, 5.41) is 3.27. The van der Waals surface area contributed by atoms with Crippen LogP contribution in [-0.4, -0.2) is 42.6 Å². The van der Waals surface area contributed by atoms with E-state index in [1.807, 2.05) is 24.3 Å². The highest BCUT2D eigenvalue weighted by molar-refractivity contribution is 5.97. The van der Waals surface area contributed by atoms with Crippen LogP contribution >= 0.6 is 0 Å². The molecule has 0 atom stereocenters. The number of piperidine rings is 1. The van der Waals surface area contributed by atoms with Crippen molar-refractivity contribution in [2.45, 2.75) is 44.1 Å². The zero-order chi connectivity index (χ0) is 15.7. The lowest BCUT2D eigenvalue weighted by atomic mass is 9.87. The fraction of sp³-hybridized carbons (Fsp3) is 0.632. The summed E-state index contributed by atoms with van der Waals surface area (Å²) in [5.41, 5.74) is 0.472. The Morgan fingerprint density at radius 2 is 1.91 bits per heavy atom. The van der Waals surface area contributed by atoms with Crippen molar-refractivity contribution >= 4 is 5.91 Å². The average Bonchev–Trinajstić information content (AvgIpc) is 3.04. The molecular weight excluding hydrogens is 288 g/mol. The zero-order valence-electron chi connectivity index (χ0n) is 13.7. The highest BCUT2D eigenvalue weighted by Gasteiger charge is 2.39. The van der Waals surface area contributed by atoms with Crippen molar-refractivity contribution in [2.24, 2.45) is 5.92 Å².